The summed E-state index contributed by atoms with van der Waals surface area (Å²) in [5, 5.41) is 9.25. The molecule has 2 unspecified atom stereocenters. The molecule has 2 bridgehead atoms. The Hall–Kier alpha value is -1.04. The molecule has 0 heterocycles. The van der Waals surface area contributed by atoms with Crippen molar-refractivity contribution in [1.29, 1.82) is 5.26 Å². The SMILES string of the molecule is CCOC(=O)C(C#N)C(C)C[C@@H]1CC[C@H]2C[C@@H]1C2(C)C. The average molecular weight is 277 g/mol. The normalized spacial score (nSPS) is 33.5. The van der Waals surface area contributed by atoms with E-state index in [1.165, 1.54) is 19.3 Å². The summed E-state index contributed by atoms with van der Waals surface area (Å²) in [4.78, 5) is 11.8. The highest BCUT2D eigenvalue weighted by Crippen LogP contribution is 2.62. The van der Waals surface area contributed by atoms with Crippen molar-refractivity contribution in [3.63, 3.8) is 0 Å². The van der Waals surface area contributed by atoms with Crippen LogP contribution in [0.15, 0.2) is 0 Å². The van der Waals surface area contributed by atoms with Crippen molar-refractivity contribution in [1.82, 2.24) is 0 Å². The predicted octanol–water partition coefficient (Wildman–Crippen LogP) is 3.79. The van der Waals surface area contributed by atoms with Crippen molar-refractivity contribution < 1.29 is 9.53 Å². The lowest BCUT2D eigenvalue weighted by Crippen LogP contribution is -2.52. The van der Waals surface area contributed by atoms with Crippen LogP contribution in [0.1, 0.15) is 53.4 Å². The number of rotatable bonds is 5. The molecule has 0 radical (unpaired) electrons. The van der Waals surface area contributed by atoms with Crippen molar-refractivity contribution in [2.75, 3.05) is 6.61 Å². The third-order valence-corrected chi connectivity index (χ3v) is 5.92. The second kappa shape index (κ2) is 5.76. The molecular formula is C17H27NO2. The Morgan fingerprint density at radius 2 is 2.15 bits per heavy atom. The molecule has 3 heteroatoms. The van der Waals surface area contributed by atoms with Gasteiger partial charge < -0.3 is 4.74 Å². The number of fused-ring (bicyclic) bond motifs is 2. The number of carbonyl (C=O) groups excluding carboxylic acids is 1. The fourth-order valence-electron chi connectivity index (χ4n) is 4.50. The van der Waals surface area contributed by atoms with Crippen LogP contribution in [0.5, 0.6) is 0 Å². The summed E-state index contributed by atoms with van der Waals surface area (Å²) in [6, 6.07) is 2.15. The summed E-state index contributed by atoms with van der Waals surface area (Å²) in [7, 11) is 0. The summed E-state index contributed by atoms with van der Waals surface area (Å²) >= 11 is 0. The van der Waals surface area contributed by atoms with Crippen LogP contribution in [0.25, 0.3) is 0 Å². The minimum Gasteiger partial charge on any atom is -0.465 e. The molecule has 0 amide bonds. The van der Waals surface area contributed by atoms with E-state index in [9.17, 15) is 10.1 Å². The van der Waals surface area contributed by atoms with Gasteiger partial charge in [0.25, 0.3) is 0 Å². The Morgan fingerprint density at radius 3 is 2.65 bits per heavy atom. The number of nitrogens with zero attached hydrogens (tertiary/aromatic N) is 1. The molecule has 3 fully saturated rings. The van der Waals surface area contributed by atoms with E-state index in [0.29, 0.717) is 17.9 Å². The monoisotopic (exact) mass is 277 g/mol. The maximum Gasteiger partial charge on any atom is 0.323 e. The van der Waals surface area contributed by atoms with Crippen molar-refractivity contribution >= 4 is 5.97 Å². The fraction of sp³-hybridized carbons (Fsp3) is 0.882. The van der Waals surface area contributed by atoms with E-state index in [-0.39, 0.29) is 11.9 Å². The smallest absolute Gasteiger partial charge is 0.323 e. The van der Waals surface area contributed by atoms with Crippen molar-refractivity contribution in [3.05, 3.63) is 0 Å². The largest absolute Gasteiger partial charge is 0.465 e. The minimum atomic E-state index is -0.601. The lowest BCUT2D eigenvalue weighted by atomic mass is 9.45. The Balaban J connectivity index is 1.95. The van der Waals surface area contributed by atoms with Crippen LogP contribution in [0.2, 0.25) is 0 Å². The third-order valence-electron chi connectivity index (χ3n) is 5.92. The van der Waals surface area contributed by atoms with Crippen LogP contribution in [0, 0.1) is 46.3 Å². The van der Waals surface area contributed by atoms with Gasteiger partial charge in [-0.3, -0.25) is 4.79 Å². The van der Waals surface area contributed by atoms with E-state index in [4.69, 9.17) is 4.74 Å². The Kier molecular flexibility index (Phi) is 4.42. The predicted molar refractivity (Wildman–Crippen MR) is 77.6 cm³/mol. The topological polar surface area (TPSA) is 50.1 Å². The van der Waals surface area contributed by atoms with Crippen LogP contribution in [0.4, 0.5) is 0 Å². The van der Waals surface area contributed by atoms with Crippen molar-refractivity contribution in [2.45, 2.75) is 53.4 Å². The molecule has 3 aliphatic rings. The second-order valence-electron chi connectivity index (χ2n) is 7.27. The quantitative estimate of drug-likeness (QED) is 0.718. The van der Waals surface area contributed by atoms with Crippen LogP contribution < -0.4 is 0 Å². The first-order valence-electron chi connectivity index (χ1n) is 7.98. The van der Waals surface area contributed by atoms with Gasteiger partial charge in [-0.1, -0.05) is 20.8 Å². The minimum absolute atomic E-state index is 0.0944. The summed E-state index contributed by atoms with van der Waals surface area (Å²) in [6.07, 6.45) is 4.92. The number of hydrogen-bond donors (Lipinski definition) is 0. The summed E-state index contributed by atoms with van der Waals surface area (Å²) in [5.41, 5.74) is 0.467. The van der Waals surface area contributed by atoms with Gasteiger partial charge in [-0.2, -0.15) is 5.26 Å². The van der Waals surface area contributed by atoms with E-state index < -0.39 is 5.92 Å². The Labute approximate surface area is 122 Å². The maximum absolute atomic E-state index is 11.8. The zero-order chi connectivity index (χ0) is 14.9. The van der Waals surface area contributed by atoms with Crippen LogP contribution in [-0.4, -0.2) is 12.6 Å². The highest BCUT2D eigenvalue weighted by molar-refractivity contribution is 5.75. The van der Waals surface area contributed by atoms with Gasteiger partial charge >= 0.3 is 5.97 Å². The Bertz CT molecular complexity index is 408. The number of carbonyl (C=O) groups is 1. The van der Waals surface area contributed by atoms with Gasteiger partial charge in [0, 0.05) is 0 Å². The van der Waals surface area contributed by atoms with Crippen molar-refractivity contribution in [3.8, 4) is 6.07 Å². The summed E-state index contributed by atoms with van der Waals surface area (Å²) < 4.78 is 5.02. The summed E-state index contributed by atoms with van der Waals surface area (Å²) in [6.45, 7) is 8.94. The lowest BCUT2D eigenvalue weighted by Gasteiger charge is -2.60. The van der Waals surface area contributed by atoms with E-state index >= 15 is 0 Å². The van der Waals surface area contributed by atoms with Gasteiger partial charge in [0.05, 0.1) is 12.7 Å². The molecular weight excluding hydrogens is 250 g/mol. The van der Waals surface area contributed by atoms with Gasteiger partial charge in [0.2, 0.25) is 0 Å². The standard InChI is InChI=1S/C17H27NO2/c1-5-20-16(19)14(10-18)11(2)8-12-6-7-13-9-15(12)17(13,3)4/h11-15H,5-9H2,1-4H3/t11?,12-,13-,14?,15-/m0/s1. The first-order chi connectivity index (χ1) is 9.41. The molecule has 0 saturated heterocycles. The molecule has 3 rings (SSSR count). The molecule has 3 nitrogen and oxygen atoms in total. The molecule has 0 spiro atoms. The first-order valence-corrected chi connectivity index (χ1v) is 7.98. The fourth-order valence-corrected chi connectivity index (χ4v) is 4.50. The van der Waals surface area contributed by atoms with E-state index in [1.54, 1.807) is 6.92 Å². The first kappa shape index (κ1) is 15.4. The van der Waals surface area contributed by atoms with E-state index in [0.717, 1.165) is 18.3 Å². The molecule has 3 aliphatic carbocycles. The van der Waals surface area contributed by atoms with Crippen molar-refractivity contribution in [2.24, 2.45) is 35.0 Å². The maximum atomic E-state index is 11.8. The van der Waals surface area contributed by atoms with Crippen LogP contribution in [-0.2, 0) is 9.53 Å². The van der Waals surface area contributed by atoms with Gasteiger partial charge in [-0.25, -0.2) is 0 Å². The number of esters is 1. The zero-order valence-corrected chi connectivity index (χ0v) is 13.2. The molecule has 20 heavy (non-hydrogen) atoms. The van der Waals surface area contributed by atoms with Gasteiger partial charge in [0.15, 0.2) is 0 Å². The van der Waals surface area contributed by atoms with E-state index in [2.05, 4.69) is 19.9 Å². The van der Waals surface area contributed by atoms with E-state index in [1.807, 2.05) is 6.92 Å². The molecule has 0 aromatic carbocycles. The zero-order valence-electron chi connectivity index (χ0n) is 13.2. The lowest BCUT2D eigenvalue weighted by molar-refractivity contribution is -0.148. The molecule has 0 N–H and O–H groups in total. The second-order valence-corrected chi connectivity index (χ2v) is 7.27. The van der Waals surface area contributed by atoms with Gasteiger partial charge in [0.1, 0.15) is 5.92 Å². The highest BCUT2D eigenvalue weighted by Gasteiger charge is 2.54. The molecule has 3 saturated carbocycles. The van der Waals surface area contributed by atoms with Crippen LogP contribution >= 0.6 is 0 Å². The molecule has 0 aromatic heterocycles. The number of ether oxygens (including phenoxy) is 1. The average Bonchev–Trinajstić information content (AvgIpc) is 2.39. The number of hydrogen-bond acceptors (Lipinski definition) is 3. The number of nitriles is 1. The molecule has 5 atom stereocenters. The van der Waals surface area contributed by atoms with Gasteiger partial charge in [-0.15, -0.1) is 0 Å². The third kappa shape index (κ3) is 2.57. The van der Waals surface area contributed by atoms with Crippen LogP contribution in [0.3, 0.4) is 0 Å². The molecule has 0 aromatic rings. The molecule has 112 valence electrons. The Morgan fingerprint density at radius 1 is 1.45 bits per heavy atom. The van der Waals surface area contributed by atoms with Gasteiger partial charge in [-0.05, 0) is 61.7 Å². The summed E-state index contributed by atoms with van der Waals surface area (Å²) in [5.74, 6) is 1.51. The highest BCUT2D eigenvalue weighted by atomic mass is 16.5. The molecule has 0 aliphatic heterocycles.